The Balaban J connectivity index is 2.51. The summed E-state index contributed by atoms with van der Waals surface area (Å²) in [4.78, 5) is 0. The zero-order chi connectivity index (χ0) is 14.6. The first kappa shape index (κ1) is 15.9. The van der Waals surface area contributed by atoms with Crippen molar-refractivity contribution in [2.45, 2.75) is 20.4 Å². The first-order valence-electron chi connectivity index (χ1n) is 6.14. The number of phenolic OH excluding ortho intramolecular Hbond substituents is 1. The minimum Gasteiger partial charge on any atom is -0.507 e. The molecule has 0 aromatic heterocycles. The summed E-state index contributed by atoms with van der Waals surface area (Å²) >= 11 is 0. The van der Waals surface area contributed by atoms with Crippen molar-refractivity contribution in [1.29, 1.82) is 0 Å². The monoisotopic (exact) mass is 286 g/mol. The fraction of sp³-hybridized carbons (Fsp3) is 0.538. The van der Waals surface area contributed by atoms with Crippen molar-refractivity contribution >= 4 is 10.0 Å². The molecular weight excluding hydrogens is 264 g/mol. The van der Waals surface area contributed by atoms with Gasteiger partial charge in [-0.1, -0.05) is 12.1 Å². The van der Waals surface area contributed by atoms with Gasteiger partial charge in [-0.25, -0.2) is 12.7 Å². The molecule has 0 atom stereocenters. The fourth-order valence-corrected chi connectivity index (χ4v) is 2.53. The Bertz CT molecular complexity index is 516. The topological polar surface area (TPSA) is 69.6 Å². The maximum atomic E-state index is 11.5. The summed E-state index contributed by atoms with van der Waals surface area (Å²) in [6, 6.07) is 3.80. The zero-order valence-corrected chi connectivity index (χ0v) is 12.7. The zero-order valence-electron chi connectivity index (χ0n) is 11.9. The predicted molar refractivity (Wildman–Crippen MR) is 76.8 cm³/mol. The molecule has 0 heterocycles. The first-order valence-corrected chi connectivity index (χ1v) is 7.75. The van der Waals surface area contributed by atoms with E-state index in [-0.39, 0.29) is 5.75 Å². The first-order chi connectivity index (χ1) is 8.74. The molecule has 0 fully saturated rings. The number of hydrogen-bond donors (Lipinski definition) is 2. The Morgan fingerprint density at radius 1 is 1.21 bits per heavy atom. The maximum Gasteiger partial charge on any atom is 0.214 e. The third-order valence-corrected chi connectivity index (χ3v) is 4.81. The lowest BCUT2D eigenvalue weighted by molar-refractivity contribution is 0.466. The van der Waals surface area contributed by atoms with Gasteiger partial charge in [-0.3, -0.25) is 0 Å². The van der Waals surface area contributed by atoms with E-state index in [1.165, 1.54) is 18.4 Å². The molecule has 1 aromatic carbocycles. The van der Waals surface area contributed by atoms with Crippen molar-refractivity contribution in [3.05, 3.63) is 28.8 Å². The van der Waals surface area contributed by atoms with Crippen LogP contribution in [0.3, 0.4) is 0 Å². The van der Waals surface area contributed by atoms with Crippen LogP contribution in [0, 0.1) is 13.8 Å². The average Bonchev–Trinajstić information content (AvgIpc) is 2.31. The van der Waals surface area contributed by atoms with E-state index in [9.17, 15) is 13.5 Å². The van der Waals surface area contributed by atoms with E-state index in [1.807, 2.05) is 26.0 Å². The molecule has 5 nitrogen and oxygen atoms in total. The number of sulfonamides is 1. The second-order valence-electron chi connectivity index (χ2n) is 4.85. The van der Waals surface area contributed by atoms with Gasteiger partial charge in [0, 0.05) is 27.2 Å². The van der Waals surface area contributed by atoms with Gasteiger partial charge >= 0.3 is 0 Å². The van der Waals surface area contributed by atoms with E-state index in [0.717, 1.165) is 16.7 Å². The molecule has 6 heteroatoms. The van der Waals surface area contributed by atoms with Gasteiger partial charge in [0.2, 0.25) is 10.0 Å². The number of nitrogens with zero attached hydrogens (tertiary/aromatic N) is 1. The summed E-state index contributed by atoms with van der Waals surface area (Å²) in [5.41, 5.74) is 2.70. The quantitative estimate of drug-likeness (QED) is 0.765. The summed E-state index contributed by atoms with van der Waals surface area (Å²) in [5, 5.41) is 12.8. The maximum absolute atomic E-state index is 11.5. The van der Waals surface area contributed by atoms with Crippen molar-refractivity contribution in [1.82, 2.24) is 9.62 Å². The van der Waals surface area contributed by atoms with Gasteiger partial charge in [-0.2, -0.15) is 0 Å². The Hall–Kier alpha value is -1.11. The Morgan fingerprint density at radius 2 is 1.74 bits per heavy atom. The highest BCUT2D eigenvalue weighted by Gasteiger charge is 2.12. The number of phenols is 1. The molecule has 108 valence electrons. The van der Waals surface area contributed by atoms with Gasteiger partial charge in [0.25, 0.3) is 0 Å². The minimum absolute atomic E-state index is 0.0794. The molecule has 0 spiro atoms. The van der Waals surface area contributed by atoms with Gasteiger partial charge in [-0.15, -0.1) is 0 Å². The number of nitrogens with one attached hydrogen (secondary N) is 1. The molecule has 19 heavy (non-hydrogen) atoms. The lowest BCUT2D eigenvalue weighted by Crippen LogP contribution is -2.31. The molecule has 0 amide bonds. The molecule has 0 saturated heterocycles. The Kier molecular flexibility index (Phi) is 5.34. The largest absolute Gasteiger partial charge is 0.507 e. The average molecular weight is 286 g/mol. The van der Waals surface area contributed by atoms with Crippen LogP contribution in [0.2, 0.25) is 0 Å². The summed E-state index contributed by atoms with van der Waals surface area (Å²) in [6.45, 7) is 4.69. The molecule has 0 saturated carbocycles. The van der Waals surface area contributed by atoms with Crippen LogP contribution in [-0.2, 0) is 16.6 Å². The molecule has 0 bridgehead atoms. The highest BCUT2D eigenvalue weighted by molar-refractivity contribution is 7.89. The molecule has 0 aliphatic carbocycles. The second-order valence-corrected chi connectivity index (χ2v) is 7.16. The van der Waals surface area contributed by atoms with Crippen LogP contribution < -0.4 is 5.32 Å². The van der Waals surface area contributed by atoms with Crippen LogP contribution >= 0.6 is 0 Å². The third kappa shape index (κ3) is 4.49. The van der Waals surface area contributed by atoms with Gasteiger partial charge in [-0.05, 0) is 30.5 Å². The van der Waals surface area contributed by atoms with Crippen molar-refractivity contribution in [3.8, 4) is 5.75 Å². The van der Waals surface area contributed by atoms with E-state index in [2.05, 4.69) is 5.32 Å². The highest BCUT2D eigenvalue weighted by atomic mass is 32.2. The summed E-state index contributed by atoms with van der Waals surface area (Å²) in [7, 11) is -0.0853. The van der Waals surface area contributed by atoms with Gasteiger partial charge in [0.1, 0.15) is 5.75 Å². The van der Waals surface area contributed by atoms with Gasteiger partial charge in [0.05, 0.1) is 5.75 Å². The number of rotatable bonds is 6. The van der Waals surface area contributed by atoms with Crippen molar-refractivity contribution in [2.24, 2.45) is 0 Å². The fourth-order valence-electron chi connectivity index (χ4n) is 1.76. The van der Waals surface area contributed by atoms with Crippen LogP contribution in [0.15, 0.2) is 12.1 Å². The molecule has 0 radical (unpaired) electrons. The molecular formula is C13H22N2O3S. The lowest BCUT2D eigenvalue weighted by Gasteiger charge is -2.12. The van der Waals surface area contributed by atoms with Gasteiger partial charge < -0.3 is 10.4 Å². The van der Waals surface area contributed by atoms with E-state index >= 15 is 0 Å². The molecule has 0 aliphatic heterocycles. The second kappa shape index (κ2) is 6.36. The number of aryl methyl sites for hydroxylation is 2. The number of hydrogen-bond acceptors (Lipinski definition) is 4. The summed E-state index contributed by atoms with van der Waals surface area (Å²) in [6.07, 6.45) is 0. The van der Waals surface area contributed by atoms with Crippen LogP contribution in [0.5, 0.6) is 5.75 Å². The summed E-state index contributed by atoms with van der Waals surface area (Å²) < 4.78 is 24.3. The predicted octanol–water partition coefficient (Wildman–Crippen LogP) is 0.990. The minimum atomic E-state index is -3.14. The van der Waals surface area contributed by atoms with E-state index < -0.39 is 10.0 Å². The molecule has 0 aliphatic rings. The smallest absolute Gasteiger partial charge is 0.214 e. The van der Waals surface area contributed by atoms with Crippen LogP contribution in [0.1, 0.15) is 16.7 Å². The number of aromatic hydroxyl groups is 1. The highest BCUT2D eigenvalue weighted by Crippen LogP contribution is 2.22. The van der Waals surface area contributed by atoms with Crippen molar-refractivity contribution in [3.63, 3.8) is 0 Å². The van der Waals surface area contributed by atoms with Crippen molar-refractivity contribution in [2.75, 3.05) is 26.4 Å². The van der Waals surface area contributed by atoms with Crippen LogP contribution in [0.25, 0.3) is 0 Å². The van der Waals surface area contributed by atoms with Crippen LogP contribution in [0.4, 0.5) is 0 Å². The molecule has 2 N–H and O–H groups in total. The van der Waals surface area contributed by atoms with E-state index in [0.29, 0.717) is 18.8 Å². The number of benzene rings is 1. The molecule has 1 aromatic rings. The summed E-state index contributed by atoms with van der Waals surface area (Å²) in [5.74, 6) is 0.398. The van der Waals surface area contributed by atoms with Gasteiger partial charge in [0.15, 0.2) is 0 Å². The lowest BCUT2D eigenvalue weighted by atomic mass is 10.1. The Labute approximate surface area is 115 Å². The van der Waals surface area contributed by atoms with E-state index in [4.69, 9.17) is 0 Å². The molecule has 0 unspecified atom stereocenters. The van der Waals surface area contributed by atoms with Crippen molar-refractivity contribution < 1.29 is 13.5 Å². The molecule has 1 rings (SSSR count). The SMILES string of the molecule is Cc1cc(CNCCS(=O)(=O)N(C)C)cc(C)c1O. The standard InChI is InChI=1S/C13H22N2O3S/c1-10-7-12(8-11(2)13(10)16)9-14-5-6-19(17,18)15(3)4/h7-8,14,16H,5-6,9H2,1-4H3. The van der Waals surface area contributed by atoms with Crippen LogP contribution in [-0.4, -0.2) is 44.2 Å². The van der Waals surface area contributed by atoms with E-state index in [1.54, 1.807) is 0 Å². The third-order valence-electron chi connectivity index (χ3n) is 2.97. The normalized spacial score (nSPS) is 12.1. The Morgan fingerprint density at radius 3 is 2.21 bits per heavy atom.